The van der Waals surface area contributed by atoms with Gasteiger partial charge in [-0.3, -0.25) is 4.79 Å². The summed E-state index contributed by atoms with van der Waals surface area (Å²) in [5, 5.41) is 6.76. The molecule has 0 saturated heterocycles. The summed E-state index contributed by atoms with van der Waals surface area (Å²) in [5.74, 6) is -0.660. The molecule has 1 amide bonds. The minimum atomic E-state index is -0.372. The van der Waals surface area contributed by atoms with Gasteiger partial charge in [-0.25, -0.2) is 14.1 Å². The van der Waals surface area contributed by atoms with Crippen molar-refractivity contribution in [3.05, 3.63) is 72.6 Å². The molecule has 0 bridgehead atoms. The van der Waals surface area contributed by atoms with E-state index in [0.29, 0.717) is 11.3 Å². The summed E-state index contributed by atoms with van der Waals surface area (Å²) in [4.78, 5) is 15.8. The van der Waals surface area contributed by atoms with Gasteiger partial charge in [-0.05, 0) is 48.5 Å². The van der Waals surface area contributed by atoms with E-state index < -0.39 is 0 Å². The average molecular weight is 282 g/mol. The van der Waals surface area contributed by atoms with Gasteiger partial charge in [0.2, 0.25) is 0 Å². The van der Waals surface area contributed by atoms with Gasteiger partial charge in [0, 0.05) is 11.3 Å². The SMILES string of the molecule is O=C(Nc1ccc(-n2cncn2)cc1)c1ccc(F)cc1. The molecule has 1 aromatic heterocycles. The van der Waals surface area contributed by atoms with Crippen molar-refractivity contribution in [3.63, 3.8) is 0 Å². The molecule has 0 aliphatic rings. The van der Waals surface area contributed by atoms with Gasteiger partial charge in [0.25, 0.3) is 5.91 Å². The number of nitrogens with one attached hydrogen (secondary N) is 1. The first-order valence-corrected chi connectivity index (χ1v) is 6.24. The largest absolute Gasteiger partial charge is 0.322 e. The fourth-order valence-electron chi connectivity index (χ4n) is 1.84. The number of benzene rings is 2. The van der Waals surface area contributed by atoms with Gasteiger partial charge in [-0.15, -0.1) is 0 Å². The van der Waals surface area contributed by atoms with E-state index in [-0.39, 0.29) is 11.7 Å². The predicted molar refractivity (Wildman–Crippen MR) is 75.7 cm³/mol. The van der Waals surface area contributed by atoms with Crippen LogP contribution in [0, 0.1) is 5.82 Å². The normalized spacial score (nSPS) is 10.3. The second-order valence-corrected chi connectivity index (χ2v) is 4.35. The van der Waals surface area contributed by atoms with E-state index in [1.807, 2.05) is 12.1 Å². The van der Waals surface area contributed by atoms with Crippen LogP contribution in [0.15, 0.2) is 61.2 Å². The lowest BCUT2D eigenvalue weighted by Crippen LogP contribution is -2.11. The lowest BCUT2D eigenvalue weighted by molar-refractivity contribution is 0.102. The Balaban J connectivity index is 1.73. The number of halogens is 1. The topological polar surface area (TPSA) is 59.8 Å². The minimum Gasteiger partial charge on any atom is -0.322 e. The highest BCUT2D eigenvalue weighted by atomic mass is 19.1. The summed E-state index contributed by atoms with van der Waals surface area (Å²) < 4.78 is 14.4. The third-order valence-corrected chi connectivity index (χ3v) is 2.91. The Hall–Kier alpha value is -3.02. The molecule has 2 aromatic carbocycles. The van der Waals surface area contributed by atoms with Crippen molar-refractivity contribution in [1.82, 2.24) is 14.8 Å². The van der Waals surface area contributed by atoms with Crippen molar-refractivity contribution in [2.24, 2.45) is 0 Å². The molecule has 5 nitrogen and oxygen atoms in total. The van der Waals surface area contributed by atoms with Crippen LogP contribution in [-0.4, -0.2) is 20.7 Å². The van der Waals surface area contributed by atoms with Gasteiger partial charge in [-0.2, -0.15) is 5.10 Å². The summed E-state index contributed by atoms with van der Waals surface area (Å²) in [7, 11) is 0. The maximum absolute atomic E-state index is 12.8. The van der Waals surface area contributed by atoms with Crippen LogP contribution in [0.4, 0.5) is 10.1 Å². The van der Waals surface area contributed by atoms with Crippen molar-refractivity contribution >= 4 is 11.6 Å². The van der Waals surface area contributed by atoms with Crippen LogP contribution in [-0.2, 0) is 0 Å². The molecule has 0 aliphatic carbocycles. The number of hydrogen-bond donors (Lipinski definition) is 1. The van der Waals surface area contributed by atoms with Crippen molar-refractivity contribution in [1.29, 1.82) is 0 Å². The quantitative estimate of drug-likeness (QED) is 0.803. The molecule has 0 aliphatic heterocycles. The Bertz CT molecular complexity index is 736. The molecule has 1 heterocycles. The minimum absolute atomic E-state index is 0.288. The predicted octanol–water partition coefficient (Wildman–Crippen LogP) is 2.66. The highest BCUT2D eigenvalue weighted by molar-refractivity contribution is 6.04. The molecule has 0 unspecified atom stereocenters. The number of hydrogen-bond acceptors (Lipinski definition) is 3. The van der Waals surface area contributed by atoms with E-state index in [4.69, 9.17) is 0 Å². The molecule has 3 rings (SSSR count). The standard InChI is InChI=1S/C15H11FN4O/c16-12-3-1-11(2-4-12)15(21)19-13-5-7-14(8-6-13)20-10-17-9-18-20/h1-10H,(H,19,21). The van der Waals surface area contributed by atoms with E-state index in [0.717, 1.165) is 5.69 Å². The number of carbonyl (C=O) groups excluding carboxylic acids is 1. The highest BCUT2D eigenvalue weighted by Crippen LogP contribution is 2.13. The van der Waals surface area contributed by atoms with Crippen LogP contribution in [0.2, 0.25) is 0 Å². The van der Waals surface area contributed by atoms with Crippen LogP contribution < -0.4 is 5.32 Å². The number of carbonyl (C=O) groups is 1. The first-order chi connectivity index (χ1) is 10.2. The molecular weight excluding hydrogens is 271 g/mol. The zero-order valence-electron chi connectivity index (χ0n) is 10.9. The van der Waals surface area contributed by atoms with Crippen LogP contribution in [0.1, 0.15) is 10.4 Å². The highest BCUT2D eigenvalue weighted by Gasteiger charge is 2.06. The first-order valence-electron chi connectivity index (χ1n) is 6.24. The summed E-state index contributed by atoms with van der Waals surface area (Å²) >= 11 is 0. The first kappa shape index (κ1) is 13.0. The molecule has 104 valence electrons. The average Bonchev–Trinajstić information content (AvgIpc) is 3.03. The van der Waals surface area contributed by atoms with Crippen molar-refractivity contribution < 1.29 is 9.18 Å². The van der Waals surface area contributed by atoms with Gasteiger partial charge < -0.3 is 5.32 Å². The number of anilines is 1. The van der Waals surface area contributed by atoms with Crippen LogP contribution >= 0.6 is 0 Å². The van der Waals surface area contributed by atoms with Crippen molar-refractivity contribution in [3.8, 4) is 5.69 Å². The summed E-state index contributed by atoms with van der Waals surface area (Å²) in [5.41, 5.74) is 1.89. The summed E-state index contributed by atoms with van der Waals surface area (Å²) in [6, 6.07) is 12.5. The van der Waals surface area contributed by atoms with E-state index in [1.165, 1.54) is 30.6 Å². The van der Waals surface area contributed by atoms with E-state index in [2.05, 4.69) is 15.4 Å². The fraction of sp³-hybridized carbons (Fsp3) is 0. The molecule has 0 saturated carbocycles. The number of amides is 1. The molecule has 0 fully saturated rings. The zero-order valence-corrected chi connectivity index (χ0v) is 10.9. The fourth-order valence-corrected chi connectivity index (χ4v) is 1.84. The van der Waals surface area contributed by atoms with Gasteiger partial charge >= 0.3 is 0 Å². The van der Waals surface area contributed by atoms with Gasteiger partial charge in [-0.1, -0.05) is 0 Å². The van der Waals surface area contributed by atoms with Gasteiger partial charge in [0.05, 0.1) is 5.69 Å². The molecule has 0 radical (unpaired) electrons. The third kappa shape index (κ3) is 2.94. The molecule has 0 spiro atoms. The Kier molecular flexibility index (Phi) is 3.42. The molecule has 6 heteroatoms. The van der Waals surface area contributed by atoms with E-state index in [1.54, 1.807) is 23.1 Å². The Morgan fingerprint density at radius 2 is 1.76 bits per heavy atom. The van der Waals surface area contributed by atoms with Crippen LogP contribution in [0.25, 0.3) is 5.69 Å². The zero-order chi connectivity index (χ0) is 14.7. The Morgan fingerprint density at radius 3 is 2.38 bits per heavy atom. The number of nitrogens with zero attached hydrogens (tertiary/aromatic N) is 3. The lowest BCUT2D eigenvalue weighted by Gasteiger charge is -2.06. The Labute approximate surface area is 120 Å². The van der Waals surface area contributed by atoms with Crippen LogP contribution in [0.3, 0.4) is 0 Å². The molecule has 3 aromatic rings. The molecule has 0 atom stereocenters. The summed E-state index contributed by atoms with van der Waals surface area (Å²) in [6.07, 6.45) is 3.04. The third-order valence-electron chi connectivity index (χ3n) is 2.91. The van der Waals surface area contributed by atoms with E-state index in [9.17, 15) is 9.18 Å². The monoisotopic (exact) mass is 282 g/mol. The second kappa shape index (κ2) is 5.54. The maximum atomic E-state index is 12.8. The molecule has 1 N–H and O–H groups in total. The maximum Gasteiger partial charge on any atom is 0.255 e. The molecule has 21 heavy (non-hydrogen) atoms. The van der Waals surface area contributed by atoms with Gasteiger partial charge in [0.1, 0.15) is 18.5 Å². The number of aromatic nitrogens is 3. The van der Waals surface area contributed by atoms with Crippen molar-refractivity contribution in [2.75, 3.05) is 5.32 Å². The smallest absolute Gasteiger partial charge is 0.255 e. The van der Waals surface area contributed by atoms with E-state index >= 15 is 0 Å². The van der Waals surface area contributed by atoms with Crippen LogP contribution in [0.5, 0.6) is 0 Å². The molecular formula is C15H11FN4O. The Morgan fingerprint density at radius 1 is 1.05 bits per heavy atom. The second-order valence-electron chi connectivity index (χ2n) is 4.35. The van der Waals surface area contributed by atoms with Gasteiger partial charge in [0.15, 0.2) is 0 Å². The number of rotatable bonds is 3. The summed E-state index contributed by atoms with van der Waals surface area (Å²) in [6.45, 7) is 0. The lowest BCUT2D eigenvalue weighted by atomic mass is 10.2. The van der Waals surface area contributed by atoms with Crippen molar-refractivity contribution in [2.45, 2.75) is 0 Å².